The maximum absolute atomic E-state index is 14.3. The Balaban J connectivity index is 1.35. The zero-order valence-corrected chi connectivity index (χ0v) is 20.9. The first-order valence-corrected chi connectivity index (χ1v) is 13.5. The summed E-state index contributed by atoms with van der Waals surface area (Å²) in [4.78, 5) is 13.8. The standard InChI is InChI=1S/C29H36F3NO3/c1-2-18-4-10-24(11-5-18)36-26-12-7-20-6-3-19(15-25(20)27(26)29(30,31)32)13-14-33-22-8-9-23(33)17-21(16-22)28(34)35/h3,6-7,12,15,18,21-24H,2,4-5,8-11,13-14,16-17H2,1H3,(H,34,35)/t18?,21?,22-,23?,24?/m1/s1. The average Bonchev–Trinajstić information content (AvgIpc) is 3.08. The normalized spacial score (nSPS) is 28.9. The molecule has 1 saturated carbocycles. The molecule has 3 atom stereocenters. The highest BCUT2D eigenvalue weighted by molar-refractivity contribution is 5.89. The van der Waals surface area contributed by atoms with Crippen LogP contribution in [0.5, 0.6) is 5.75 Å². The molecule has 196 valence electrons. The Morgan fingerprint density at radius 3 is 2.31 bits per heavy atom. The molecular weight excluding hydrogens is 467 g/mol. The fourth-order valence-corrected chi connectivity index (χ4v) is 6.83. The van der Waals surface area contributed by atoms with Crippen LogP contribution >= 0.6 is 0 Å². The highest BCUT2D eigenvalue weighted by Gasteiger charge is 2.42. The van der Waals surface area contributed by atoms with Crippen molar-refractivity contribution in [1.29, 1.82) is 0 Å². The molecule has 4 nitrogen and oxygen atoms in total. The predicted octanol–water partition coefficient (Wildman–Crippen LogP) is 7.08. The number of hydrogen-bond donors (Lipinski definition) is 1. The minimum Gasteiger partial charge on any atom is -0.490 e. The zero-order chi connectivity index (χ0) is 25.4. The predicted molar refractivity (Wildman–Crippen MR) is 133 cm³/mol. The van der Waals surface area contributed by atoms with E-state index in [1.165, 1.54) is 6.07 Å². The summed E-state index contributed by atoms with van der Waals surface area (Å²) in [6.45, 7) is 2.91. The Morgan fingerprint density at radius 2 is 1.69 bits per heavy atom. The molecule has 1 N–H and O–H groups in total. The molecule has 36 heavy (non-hydrogen) atoms. The van der Waals surface area contributed by atoms with Gasteiger partial charge in [0.15, 0.2) is 0 Å². The molecule has 5 rings (SSSR count). The van der Waals surface area contributed by atoms with E-state index in [1.54, 1.807) is 18.2 Å². The van der Waals surface area contributed by atoms with Crippen molar-refractivity contribution >= 4 is 16.7 Å². The summed E-state index contributed by atoms with van der Waals surface area (Å²) in [5.74, 6) is -0.390. The van der Waals surface area contributed by atoms with Gasteiger partial charge in [-0.05, 0) is 86.1 Å². The third-order valence-corrected chi connectivity index (χ3v) is 8.89. The Bertz CT molecular complexity index is 1080. The molecule has 2 aromatic carbocycles. The van der Waals surface area contributed by atoms with Gasteiger partial charge in [0.2, 0.25) is 0 Å². The number of rotatable bonds is 7. The molecule has 0 amide bonds. The Labute approximate surface area is 210 Å². The van der Waals surface area contributed by atoms with Gasteiger partial charge >= 0.3 is 12.1 Å². The third kappa shape index (κ3) is 5.22. The lowest BCUT2D eigenvalue weighted by Gasteiger charge is -2.37. The summed E-state index contributed by atoms with van der Waals surface area (Å²) in [7, 11) is 0. The Morgan fingerprint density at radius 1 is 1.03 bits per heavy atom. The van der Waals surface area contributed by atoms with E-state index in [0.717, 1.165) is 57.1 Å². The number of piperidine rings is 1. The molecule has 3 fully saturated rings. The van der Waals surface area contributed by atoms with Crippen molar-refractivity contribution < 1.29 is 27.8 Å². The topological polar surface area (TPSA) is 49.8 Å². The number of nitrogens with zero attached hydrogens (tertiary/aromatic N) is 1. The molecule has 2 saturated heterocycles. The first-order valence-electron chi connectivity index (χ1n) is 13.5. The van der Waals surface area contributed by atoms with Crippen molar-refractivity contribution in [2.45, 2.75) is 95.5 Å². The van der Waals surface area contributed by atoms with Crippen molar-refractivity contribution in [3.05, 3.63) is 41.5 Å². The molecular formula is C29H36F3NO3. The van der Waals surface area contributed by atoms with Crippen molar-refractivity contribution in [1.82, 2.24) is 4.90 Å². The average molecular weight is 504 g/mol. The van der Waals surface area contributed by atoms with Crippen molar-refractivity contribution in [3.63, 3.8) is 0 Å². The van der Waals surface area contributed by atoms with Gasteiger partial charge < -0.3 is 9.84 Å². The monoisotopic (exact) mass is 503 g/mol. The number of carboxylic acids is 1. The largest absolute Gasteiger partial charge is 0.490 e. The lowest BCUT2D eigenvalue weighted by atomic mass is 9.86. The number of halogens is 3. The summed E-state index contributed by atoms with van der Waals surface area (Å²) in [5.41, 5.74) is 0.204. The highest BCUT2D eigenvalue weighted by atomic mass is 19.4. The molecule has 7 heteroatoms. The molecule has 0 aromatic heterocycles. The van der Waals surface area contributed by atoms with E-state index >= 15 is 0 Å². The van der Waals surface area contributed by atoms with Gasteiger partial charge in [-0.1, -0.05) is 37.6 Å². The van der Waals surface area contributed by atoms with Crippen LogP contribution < -0.4 is 4.74 Å². The van der Waals surface area contributed by atoms with E-state index in [0.29, 0.717) is 30.6 Å². The second-order valence-corrected chi connectivity index (χ2v) is 11.0. The van der Waals surface area contributed by atoms with Crippen LogP contribution in [-0.4, -0.2) is 40.7 Å². The minimum atomic E-state index is -4.51. The first-order chi connectivity index (χ1) is 17.2. The highest BCUT2D eigenvalue weighted by Crippen LogP contribution is 2.43. The number of carboxylic acid groups (broad SMARTS) is 1. The van der Waals surface area contributed by atoms with Crippen molar-refractivity contribution in [2.75, 3.05) is 6.54 Å². The van der Waals surface area contributed by atoms with Crippen LogP contribution in [0.1, 0.15) is 75.8 Å². The molecule has 2 heterocycles. The molecule has 2 bridgehead atoms. The van der Waals surface area contributed by atoms with E-state index < -0.39 is 17.7 Å². The van der Waals surface area contributed by atoms with Crippen LogP contribution in [0.25, 0.3) is 10.8 Å². The Kier molecular flexibility index (Phi) is 7.21. The number of hydrogen-bond acceptors (Lipinski definition) is 3. The van der Waals surface area contributed by atoms with Gasteiger partial charge in [-0.15, -0.1) is 0 Å². The lowest BCUT2D eigenvalue weighted by Crippen LogP contribution is -2.45. The molecule has 0 radical (unpaired) electrons. The second kappa shape index (κ2) is 10.2. The fraction of sp³-hybridized carbons (Fsp3) is 0.621. The minimum absolute atomic E-state index is 0.0547. The lowest BCUT2D eigenvalue weighted by molar-refractivity contribution is -0.144. The molecule has 0 spiro atoms. The van der Waals surface area contributed by atoms with Gasteiger partial charge in [-0.25, -0.2) is 0 Å². The van der Waals surface area contributed by atoms with Crippen LogP contribution in [0.4, 0.5) is 13.2 Å². The number of ether oxygens (including phenoxy) is 1. The molecule has 2 aliphatic heterocycles. The van der Waals surface area contributed by atoms with Crippen molar-refractivity contribution in [2.24, 2.45) is 11.8 Å². The number of carbonyl (C=O) groups is 1. The molecule has 2 aromatic rings. The van der Waals surface area contributed by atoms with Gasteiger partial charge in [0.25, 0.3) is 0 Å². The van der Waals surface area contributed by atoms with Crippen LogP contribution in [-0.2, 0) is 17.4 Å². The van der Waals surface area contributed by atoms with Crippen LogP contribution in [0, 0.1) is 11.8 Å². The third-order valence-electron chi connectivity index (χ3n) is 8.89. The molecule has 2 unspecified atom stereocenters. The van der Waals surface area contributed by atoms with Gasteiger partial charge in [0.1, 0.15) is 11.3 Å². The summed E-state index contributed by atoms with van der Waals surface area (Å²) in [5, 5.41) is 10.2. The van der Waals surface area contributed by atoms with E-state index in [2.05, 4.69) is 11.8 Å². The van der Waals surface area contributed by atoms with E-state index in [4.69, 9.17) is 4.74 Å². The summed E-state index contributed by atoms with van der Waals surface area (Å²) in [6, 6.07) is 9.13. The van der Waals surface area contributed by atoms with Crippen LogP contribution in [0.2, 0.25) is 0 Å². The van der Waals surface area contributed by atoms with Crippen molar-refractivity contribution in [3.8, 4) is 5.75 Å². The smallest absolute Gasteiger partial charge is 0.420 e. The maximum atomic E-state index is 14.3. The van der Waals surface area contributed by atoms with Crippen LogP contribution in [0.3, 0.4) is 0 Å². The number of fused-ring (bicyclic) bond motifs is 3. The van der Waals surface area contributed by atoms with Gasteiger partial charge in [0, 0.05) is 18.6 Å². The number of benzene rings is 2. The number of aliphatic carboxylic acids is 1. The first kappa shape index (κ1) is 25.4. The van der Waals surface area contributed by atoms with E-state index in [9.17, 15) is 23.1 Å². The zero-order valence-electron chi connectivity index (χ0n) is 20.9. The van der Waals surface area contributed by atoms with E-state index in [-0.39, 0.29) is 35.2 Å². The maximum Gasteiger partial charge on any atom is 0.420 e. The van der Waals surface area contributed by atoms with Gasteiger partial charge in [-0.3, -0.25) is 9.69 Å². The van der Waals surface area contributed by atoms with Crippen LogP contribution in [0.15, 0.2) is 30.3 Å². The summed E-state index contributed by atoms with van der Waals surface area (Å²) in [6.07, 6.45) is 4.04. The summed E-state index contributed by atoms with van der Waals surface area (Å²) < 4.78 is 49.0. The Hall–Kier alpha value is -2.28. The van der Waals surface area contributed by atoms with Gasteiger partial charge in [0.05, 0.1) is 12.0 Å². The van der Waals surface area contributed by atoms with E-state index in [1.807, 2.05) is 6.07 Å². The molecule has 3 aliphatic rings. The fourth-order valence-electron chi connectivity index (χ4n) is 6.83. The summed E-state index contributed by atoms with van der Waals surface area (Å²) >= 11 is 0. The quantitative estimate of drug-likeness (QED) is 0.439. The number of alkyl halides is 3. The molecule has 1 aliphatic carbocycles. The second-order valence-electron chi connectivity index (χ2n) is 11.0. The SMILES string of the molecule is CCC1CCC(Oc2ccc3ccc(CCN4C5CC[C@@H]4CC(C(=O)O)C5)cc3c2C(F)(F)F)CC1. The van der Waals surface area contributed by atoms with Gasteiger partial charge in [-0.2, -0.15) is 13.2 Å².